The van der Waals surface area contributed by atoms with E-state index in [0.29, 0.717) is 10.4 Å². The first-order chi connectivity index (χ1) is 10.1. The average Bonchev–Trinajstić information content (AvgIpc) is 2.65. The number of amides is 2. The molecule has 2 fully saturated rings. The van der Waals surface area contributed by atoms with Crippen LogP contribution in [0.1, 0.15) is 25.7 Å². The molecule has 114 valence electrons. The minimum atomic E-state index is -0.630. The number of anilines is 1. The number of hydrogen-bond donors (Lipinski definition) is 1. The fourth-order valence-electron chi connectivity index (χ4n) is 2.76. The molecule has 1 aliphatic carbocycles. The summed E-state index contributed by atoms with van der Waals surface area (Å²) < 4.78 is 13.7. The Morgan fingerprint density at radius 2 is 2.24 bits per heavy atom. The highest BCUT2D eigenvalue weighted by atomic mass is 35.5. The topological polar surface area (TPSA) is 45.2 Å². The number of thioether (sulfide) groups is 1. The van der Waals surface area contributed by atoms with Gasteiger partial charge in [-0.2, -0.15) is 11.8 Å². The monoisotopic (exact) mass is 329 g/mol. The van der Waals surface area contributed by atoms with Gasteiger partial charge in [-0.25, -0.2) is 14.2 Å². The van der Waals surface area contributed by atoms with Crippen molar-refractivity contribution in [1.82, 2.24) is 9.88 Å². The predicted molar refractivity (Wildman–Crippen MR) is 83.5 cm³/mol. The van der Waals surface area contributed by atoms with E-state index in [4.69, 9.17) is 11.6 Å². The Morgan fingerprint density at radius 1 is 1.43 bits per heavy atom. The van der Waals surface area contributed by atoms with Gasteiger partial charge in [-0.3, -0.25) is 0 Å². The Balaban J connectivity index is 1.61. The van der Waals surface area contributed by atoms with Gasteiger partial charge >= 0.3 is 6.03 Å². The lowest BCUT2D eigenvalue weighted by Crippen LogP contribution is -2.39. The molecule has 1 aromatic rings. The van der Waals surface area contributed by atoms with E-state index in [0.717, 1.165) is 25.3 Å². The van der Waals surface area contributed by atoms with E-state index < -0.39 is 5.82 Å². The minimum absolute atomic E-state index is 0.189. The van der Waals surface area contributed by atoms with Gasteiger partial charge in [-0.1, -0.05) is 18.0 Å². The van der Waals surface area contributed by atoms with Gasteiger partial charge in [0.05, 0.1) is 11.9 Å². The number of hydrogen-bond acceptors (Lipinski definition) is 3. The number of halogens is 2. The molecule has 2 aliphatic rings. The highest BCUT2D eigenvalue weighted by molar-refractivity contribution is 8.00. The highest BCUT2D eigenvalue weighted by Gasteiger charge is 2.39. The highest BCUT2D eigenvalue weighted by Crippen LogP contribution is 2.47. The second-order valence-electron chi connectivity index (χ2n) is 5.55. The van der Waals surface area contributed by atoms with Crippen molar-refractivity contribution in [3.05, 3.63) is 23.2 Å². The van der Waals surface area contributed by atoms with Crippen molar-refractivity contribution in [3.8, 4) is 0 Å². The van der Waals surface area contributed by atoms with Crippen LogP contribution in [-0.4, -0.2) is 39.5 Å². The standard InChI is InChI=1S/C14H17ClFN3OS/c15-12-11(16)8-10(9-17-12)18-13(20)19-5-4-14(2-1-3-14)21-7-6-19/h8-9H,1-7H2,(H,18,20). The maximum atomic E-state index is 13.3. The zero-order valence-electron chi connectivity index (χ0n) is 11.6. The van der Waals surface area contributed by atoms with Gasteiger partial charge in [0.2, 0.25) is 0 Å². The fraction of sp³-hybridized carbons (Fsp3) is 0.571. The third kappa shape index (κ3) is 3.26. The van der Waals surface area contributed by atoms with E-state index in [1.807, 2.05) is 11.8 Å². The molecule has 1 saturated heterocycles. The molecule has 1 aliphatic heterocycles. The molecule has 2 heterocycles. The number of carbonyl (C=O) groups excluding carboxylic acids is 1. The van der Waals surface area contributed by atoms with Crippen LogP contribution in [0.2, 0.25) is 5.15 Å². The third-order valence-electron chi connectivity index (χ3n) is 4.21. The number of pyridine rings is 1. The van der Waals surface area contributed by atoms with Gasteiger partial charge in [-0.15, -0.1) is 0 Å². The summed E-state index contributed by atoms with van der Waals surface area (Å²) in [4.78, 5) is 17.7. The van der Waals surface area contributed by atoms with Crippen molar-refractivity contribution < 1.29 is 9.18 Å². The molecule has 0 radical (unpaired) electrons. The van der Waals surface area contributed by atoms with Crippen LogP contribution in [0, 0.1) is 5.82 Å². The lowest BCUT2D eigenvalue weighted by Gasteiger charge is -2.40. The zero-order chi connectivity index (χ0) is 14.9. The molecule has 1 saturated carbocycles. The number of carbonyl (C=O) groups is 1. The maximum absolute atomic E-state index is 13.3. The molecule has 0 bridgehead atoms. The second kappa shape index (κ2) is 6.01. The molecule has 1 spiro atoms. The van der Waals surface area contributed by atoms with Crippen molar-refractivity contribution >= 4 is 35.1 Å². The van der Waals surface area contributed by atoms with Crippen LogP contribution < -0.4 is 5.32 Å². The first kappa shape index (κ1) is 14.9. The van der Waals surface area contributed by atoms with Gasteiger partial charge < -0.3 is 10.2 Å². The third-order valence-corrected chi connectivity index (χ3v) is 6.10. The Labute approximate surface area is 132 Å². The number of aromatic nitrogens is 1. The Morgan fingerprint density at radius 3 is 2.90 bits per heavy atom. The summed E-state index contributed by atoms with van der Waals surface area (Å²) in [6.07, 6.45) is 6.23. The van der Waals surface area contributed by atoms with Crippen LogP contribution in [0.25, 0.3) is 0 Å². The molecule has 4 nitrogen and oxygen atoms in total. The summed E-state index contributed by atoms with van der Waals surface area (Å²) in [7, 11) is 0. The van der Waals surface area contributed by atoms with Gasteiger partial charge in [0.25, 0.3) is 0 Å². The molecular weight excluding hydrogens is 313 g/mol. The quantitative estimate of drug-likeness (QED) is 0.798. The predicted octanol–water partition coefficient (Wildman–Crippen LogP) is 3.77. The van der Waals surface area contributed by atoms with E-state index in [-0.39, 0.29) is 11.2 Å². The van der Waals surface area contributed by atoms with Crippen LogP contribution in [-0.2, 0) is 0 Å². The Bertz CT molecular complexity index is 553. The van der Waals surface area contributed by atoms with Crippen LogP contribution in [0.3, 0.4) is 0 Å². The summed E-state index contributed by atoms with van der Waals surface area (Å²) in [6.45, 7) is 1.48. The first-order valence-electron chi connectivity index (χ1n) is 7.09. The van der Waals surface area contributed by atoms with Crippen molar-refractivity contribution in [2.75, 3.05) is 24.2 Å². The first-order valence-corrected chi connectivity index (χ1v) is 8.45. The molecular formula is C14H17ClFN3OS. The van der Waals surface area contributed by atoms with E-state index >= 15 is 0 Å². The smallest absolute Gasteiger partial charge is 0.321 e. The Hall–Kier alpha value is -1.01. The molecule has 0 aromatic carbocycles. The molecule has 7 heteroatoms. The lowest BCUT2D eigenvalue weighted by atomic mass is 9.81. The van der Waals surface area contributed by atoms with E-state index in [9.17, 15) is 9.18 Å². The van der Waals surface area contributed by atoms with Gasteiger partial charge in [0.1, 0.15) is 0 Å². The van der Waals surface area contributed by atoms with Crippen LogP contribution in [0.15, 0.2) is 12.3 Å². The zero-order valence-corrected chi connectivity index (χ0v) is 13.1. The maximum Gasteiger partial charge on any atom is 0.321 e. The second-order valence-corrected chi connectivity index (χ2v) is 7.47. The van der Waals surface area contributed by atoms with Gasteiger partial charge in [-0.05, 0) is 19.3 Å². The fourth-order valence-corrected chi connectivity index (χ4v) is 4.42. The van der Waals surface area contributed by atoms with Crippen LogP contribution in [0.4, 0.5) is 14.9 Å². The summed E-state index contributed by atoms with van der Waals surface area (Å²) in [5, 5.41) is 2.50. The van der Waals surface area contributed by atoms with E-state index in [1.165, 1.54) is 31.5 Å². The minimum Gasteiger partial charge on any atom is -0.324 e. The number of urea groups is 1. The summed E-state index contributed by atoms with van der Waals surface area (Å²) >= 11 is 7.52. The lowest BCUT2D eigenvalue weighted by molar-refractivity contribution is 0.209. The molecule has 3 rings (SSSR count). The summed E-state index contributed by atoms with van der Waals surface area (Å²) in [6, 6.07) is 0.989. The SMILES string of the molecule is O=C(Nc1cnc(Cl)c(F)c1)N1CCSC2(CCC2)CC1. The average molecular weight is 330 g/mol. The van der Waals surface area contributed by atoms with E-state index in [2.05, 4.69) is 10.3 Å². The molecule has 2 amide bonds. The number of rotatable bonds is 1. The molecule has 0 atom stereocenters. The van der Waals surface area contributed by atoms with Crippen molar-refractivity contribution in [1.29, 1.82) is 0 Å². The largest absolute Gasteiger partial charge is 0.324 e. The summed E-state index contributed by atoms with van der Waals surface area (Å²) in [5.74, 6) is 0.329. The number of nitrogens with one attached hydrogen (secondary N) is 1. The molecule has 1 N–H and O–H groups in total. The van der Waals surface area contributed by atoms with Crippen molar-refractivity contribution in [2.45, 2.75) is 30.4 Å². The van der Waals surface area contributed by atoms with Crippen LogP contribution >= 0.6 is 23.4 Å². The van der Waals surface area contributed by atoms with Gasteiger partial charge in [0.15, 0.2) is 11.0 Å². The molecule has 21 heavy (non-hydrogen) atoms. The van der Waals surface area contributed by atoms with Crippen LogP contribution in [0.5, 0.6) is 0 Å². The van der Waals surface area contributed by atoms with Crippen molar-refractivity contribution in [2.24, 2.45) is 0 Å². The van der Waals surface area contributed by atoms with E-state index in [1.54, 1.807) is 4.90 Å². The molecule has 1 aromatic heterocycles. The molecule has 0 unspecified atom stereocenters. The van der Waals surface area contributed by atoms with Crippen molar-refractivity contribution in [3.63, 3.8) is 0 Å². The van der Waals surface area contributed by atoms with Gasteiger partial charge in [0, 0.05) is 29.7 Å². The number of nitrogens with zero attached hydrogens (tertiary/aromatic N) is 2. The summed E-state index contributed by atoms with van der Waals surface area (Å²) in [5.41, 5.74) is 0.331. The Kier molecular flexibility index (Phi) is 4.26. The normalized spacial score (nSPS) is 20.8.